The van der Waals surface area contributed by atoms with Crippen LogP contribution in [0.4, 0.5) is 0 Å². The van der Waals surface area contributed by atoms with Crippen molar-refractivity contribution in [1.29, 1.82) is 0 Å². The topological polar surface area (TPSA) is 24.5 Å². The van der Waals surface area contributed by atoms with Gasteiger partial charge in [-0.3, -0.25) is 4.90 Å². The first kappa shape index (κ1) is 17.8. The number of aryl methyl sites for hydroxylation is 1. The van der Waals surface area contributed by atoms with Gasteiger partial charge in [0.05, 0.1) is 0 Å². The molecule has 1 saturated heterocycles. The number of piperidine rings is 1. The molecule has 138 valence electrons. The van der Waals surface area contributed by atoms with Crippen molar-refractivity contribution in [2.75, 3.05) is 19.6 Å². The SMILES string of the molecule is C=CCN1CCC2(CC1)CC(NCc1ccc(C)s1)c1ccccc1O2. The number of rotatable bonds is 5. The van der Waals surface area contributed by atoms with E-state index in [-0.39, 0.29) is 5.60 Å². The molecule has 2 aliphatic heterocycles. The summed E-state index contributed by atoms with van der Waals surface area (Å²) in [6, 6.07) is 13.4. The van der Waals surface area contributed by atoms with Crippen LogP contribution >= 0.6 is 11.3 Å². The largest absolute Gasteiger partial charge is 0.487 e. The molecule has 1 spiro atoms. The van der Waals surface area contributed by atoms with Crippen LogP contribution in [-0.2, 0) is 6.54 Å². The van der Waals surface area contributed by atoms with Gasteiger partial charge < -0.3 is 10.1 Å². The zero-order valence-corrected chi connectivity index (χ0v) is 16.4. The van der Waals surface area contributed by atoms with Crippen LogP contribution in [0.2, 0.25) is 0 Å². The number of nitrogens with one attached hydrogen (secondary N) is 1. The molecule has 0 bridgehead atoms. The van der Waals surface area contributed by atoms with Gasteiger partial charge in [0.15, 0.2) is 0 Å². The lowest BCUT2D eigenvalue weighted by molar-refractivity contribution is -0.0232. The zero-order chi connectivity index (χ0) is 18.0. The number of ether oxygens (including phenoxy) is 1. The molecule has 1 unspecified atom stereocenters. The van der Waals surface area contributed by atoms with E-state index in [4.69, 9.17) is 4.74 Å². The molecule has 1 N–H and O–H groups in total. The third-order valence-electron chi connectivity index (χ3n) is 5.67. The van der Waals surface area contributed by atoms with Crippen LogP contribution in [0.15, 0.2) is 49.1 Å². The summed E-state index contributed by atoms with van der Waals surface area (Å²) in [5, 5.41) is 3.82. The van der Waals surface area contributed by atoms with Gasteiger partial charge in [0.2, 0.25) is 0 Å². The van der Waals surface area contributed by atoms with Crippen LogP contribution in [-0.4, -0.2) is 30.1 Å². The lowest BCUT2D eigenvalue weighted by atomic mass is 9.80. The Bertz CT molecular complexity index is 761. The number of hydrogen-bond donors (Lipinski definition) is 1. The lowest BCUT2D eigenvalue weighted by Crippen LogP contribution is -2.51. The molecular formula is C22H28N2OS. The summed E-state index contributed by atoms with van der Waals surface area (Å²) in [5.41, 5.74) is 1.27. The van der Waals surface area contributed by atoms with Gasteiger partial charge >= 0.3 is 0 Å². The fraction of sp³-hybridized carbons (Fsp3) is 0.455. The molecule has 0 amide bonds. The van der Waals surface area contributed by atoms with E-state index in [1.165, 1.54) is 15.3 Å². The van der Waals surface area contributed by atoms with Crippen molar-refractivity contribution in [2.24, 2.45) is 0 Å². The van der Waals surface area contributed by atoms with Crippen molar-refractivity contribution in [3.05, 3.63) is 64.4 Å². The molecule has 4 heteroatoms. The molecule has 1 aromatic heterocycles. The molecular weight excluding hydrogens is 340 g/mol. The molecule has 0 aliphatic carbocycles. The standard InChI is InChI=1S/C22H28N2OS/c1-3-12-24-13-10-22(11-14-24)15-20(19-6-4-5-7-21(19)25-22)23-16-18-9-8-17(2)26-18/h3-9,20,23H,1,10-16H2,2H3. The van der Waals surface area contributed by atoms with Crippen LogP contribution in [0.5, 0.6) is 5.75 Å². The maximum atomic E-state index is 6.58. The van der Waals surface area contributed by atoms with Crippen molar-refractivity contribution in [3.63, 3.8) is 0 Å². The second-order valence-corrected chi connectivity index (χ2v) is 8.93. The summed E-state index contributed by atoms with van der Waals surface area (Å²) in [6.45, 7) is 10.1. The number of likely N-dealkylation sites (tertiary alicyclic amines) is 1. The Labute approximate surface area is 160 Å². The summed E-state index contributed by atoms with van der Waals surface area (Å²) in [5.74, 6) is 1.07. The van der Waals surface area contributed by atoms with Crippen LogP contribution in [0.3, 0.4) is 0 Å². The smallest absolute Gasteiger partial charge is 0.124 e. The molecule has 1 fully saturated rings. The molecule has 2 aromatic rings. The van der Waals surface area contributed by atoms with E-state index in [0.29, 0.717) is 6.04 Å². The highest BCUT2D eigenvalue weighted by atomic mass is 32.1. The summed E-state index contributed by atoms with van der Waals surface area (Å²) in [6.07, 6.45) is 5.23. The van der Waals surface area contributed by atoms with Gasteiger partial charge in [0.25, 0.3) is 0 Å². The molecule has 3 heterocycles. The van der Waals surface area contributed by atoms with Crippen LogP contribution in [0.25, 0.3) is 0 Å². The average molecular weight is 369 g/mol. The molecule has 3 nitrogen and oxygen atoms in total. The summed E-state index contributed by atoms with van der Waals surface area (Å²) >= 11 is 1.88. The molecule has 2 aliphatic rings. The summed E-state index contributed by atoms with van der Waals surface area (Å²) in [4.78, 5) is 5.25. The first-order valence-electron chi connectivity index (χ1n) is 9.57. The Hall–Kier alpha value is -1.62. The van der Waals surface area contributed by atoms with Crippen molar-refractivity contribution >= 4 is 11.3 Å². The highest BCUT2D eigenvalue weighted by molar-refractivity contribution is 7.11. The van der Waals surface area contributed by atoms with E-state index >= 15 is 0 Å². The summed E-state index contributed by atoms with van der Waals surface area (Å²) in [7, 11) is 0. The fourth-order valence-electron chi connectivity index (χ4n) is 4.24. The highest BCUT2D eigenvalue weighted by Crippen LogP contribution is 2.44. The van der Waals surface area contributed by atoms with Crippen LogP contribution in [0, 0.1) is 6.92 Å². The zero-order valence-electron chi connectivity index (χ0n) is 15.5. The second-order valence-electron chi connectivity index (χ2n) is 7.56. The minimum Gasteiger partial charge on any atom is -0.487 e. The van der Waals surface area contributed by atoms with E-state index in [1.54, 1.807) is 0 Å². The molecule has 1 aromatic carbocycles. The third kappa shape index (κ3) is 3.73. The second kappa shape index (κ2) is 7.55. The van der Waals surface area contributed by atoms with Gasteiger partial charge in [-0.25, -0.2) is 0 Å². The van der Waals surface area contributed by atoms with Crippen molar-refractivity contribution in [2.45, 2.75) is 44.4 Å². The average Bonchev–Trinajstić information content (AvgIpc) is 3.07. The van der Waals surface area contributed by atoms with Crippen LogP contribution < -0.4 is 10.1 Å². The quantitative estimate of drug-likeness (QED) is 0.775. The first-order chi connectivity index (χ1) is 12.7. The predicted molar refractivity (Wildman–Crippen MR) is 109 cm³/mol. The maximum Gasteiger partial charge on any atom is 0.124 e. The number of fused-ring (bicyclic) bond motifs is 1. The van der Waals surface area contributed by atoms with Crippen molar-refractivity contribution in [1.82, 2.24) is 10.2 Å². The summed E-state index contributed by atoms with van der Waals surface area (Å²) < 4.78 is 6.58. The number of hydrogen-bond acceptors (Lipinski definition) is 4. The molecule has 0 radical (unpaired) electrons. The number of benzene rings is 1. The van der Waals surface area contributed by atoms with Gasteiger partial charge in [0.1, 0.15) is 11.4 Å². The van der Waals surface area contributed by atoms with Gasteiger partial charge in [0, 0.05) is 54.0 Å². The van der Waals surface area contributed by atoms with E-state index in [1.807, 2.05) is 17.4 Å². The maximum absolute atomic E-state index is 6.58. The van der Waals surface area contributed by atoms with Crippen LogP contribution in [0.1, 0.15) is 40.6 Å². The first-order valence-corrected chi connectivity index (χ1v) is 10.4. The Kier molecular flexibility index (Phi) is 5.16. The third-order valence-corrected chi connectivity index (χ3v) is 6.67. The Morgan fingerprint density at radius 1 is 1.27 bits per heavy atom. The molecule has 26 heavy (non-hydrogen) atoms. The van der Waals surface area contributed by atoms with Crippen molar-refractivity contribution < 1.29 is 4.74 Å². The number of para-hydroxylation sites is 1. The normalized spacial score (nSPS) is 22.0. The molecule has 0 saturated carbocycles. The van der Waals surface area contributed by atoms with Gasteiger partial charge in [-0.05, 0) is 38.0 Å². The Balaban J connectivity index is 1.50. The predicted octanol–water partition coefficient (Wildman–Crippen LogP) is 4.69. The van der Waals surface area contributed by atoms with Gasteiger partial charge in [-0.2, -0.15) is 0 Å². The van der Waals surface area contributed by atoms with E-state index in [0.717, 1.165) is 51.2 Å². The number of nitrogens with zero attached hydrogens (tertiary/aromatic N) is 1. The number of thiophene rings is 1. The van der Waals surface area contributed by atoms with E-state index < -0.39 is 0 Å². The Morgan fingerprint density at radius 3 is 2.81 bits per heavy atom. The van der Waals surface area contributed by atoms with E-state index in [2.05, 4.69) is 60.1 Å². The van der Waals surface area contributed by atoms with Gasteiger partial charge in [-0.1, -0.05) is 24.3 Å². The molecule has 4 rings (SSSR count). The minimum absolute atomic E-state index is 0.0327. The van der Waals surface area contributed by atoms with E-state index in [9.17, 15) is 0 Å². The highest BCUT2D eigenvalue weighted by Gasteiger charge is 2.42. The fourth-order valence-corrected chi connectivity index (χ4v) is 5.08. The minimum atomic E-state index is -0.0327. The Morgan fingerprint density at radius 2 is 2.08 bits per heavy atom. The molecule has 1 atom stereocenters. The van der Waals surface area contributed by atoms with Crippen molar-refractivity contribution in [3.8, 4) is 5.75 Å². The monoisotopic (exact) mass is 368 g/mol. The van der Waals surface area contributed by atoms with Gasteiger partial charge in [-0.15, -0.1) is 17.9 Å². The lowest BCUT2D eigenvalue weighted by Gasteiger charge is -2.47.